The van der Waals surface area contributed by atoms with E-state index in [0.717, 1.165) is 23.6 Å². The van der Waals surface area contributed by atoms with Crippen LogP contribution in [-0.4, -0.2) is 70.7 Å². The molecule has 0 fully saturated rings. The number of nitrogens with two attached hydrogens (primary N) is 1. The molecule has 3 N–H and O–H groups in total. The van der Waals surface area contributed by atoms with Crippen molar-refractivity contribution in [2.75, 3.05) is 26.4 Å². The molecule has 13 heteroatoms. The number of aromatic nitrogens is 4. The lowest BCUT2D eigenvalue weighted by molar-refractivity contribution is -0.115. The van der Waals surface area contributed by atoms with Gasteiger partial charge >= 0.3 is 5.97 Å². The first-order valence-corrected chi connectivity index (χ1v) is 16.4. The molecule has 0 bridgehead atoms. The minimum atomic E-state index is -1.30. The molecule has 0 aliphatic carbocycles. The number of carbonyl (C=O) groups excluding carboxylic acids is 1. The van der Waals surface area contributed by atoms with Crippen LogP contribution in [0.2, 0.25) is 30.7 Å². The summed E-state index contributed by atoms with van der Waals surface area (Å²) in [6.07, 6.45) is 5.49. The van der Waals surface area contributed by atoms with E-state index in [1.165, 1.54) is 29.4 Å². The number of ether oxygens (including phenoxy) is 1. The minimum absolute atomic E-state index is 0.194. The van der Waals surface area contributed by atoms with Crippen molar-refractivity contribution < 1.29 is 23.8 Å². The van der Waals surface area contributed by atoms with Crippen molar-refractivity contribution in [1.29, 1.82) is 0 Å². The molecule has 1 aromatic carbocycles. The Morgan fingerprint density at radius 2 is 1.82 bits per heavy atom. The van der Waals surface area contributed by atoms with Crippen LogP contribution >= 0.6 is 11.6 Å². The molecule has 1 amide bonds. The summed E-state index contributed by atoms with van der Waals surface area (Å²) < 4.78 is 21.4. The Morgan fingerprint density at radius 1 is 1.18 bits per heavy atom. The maximum atomic E-state index is 13.6. The van der Waals surface area contributed by atoms with Crippen LogP contribution in [0.5, 0.6) is 0 Å². The van der Waals surface area contributed by atoms with Crippen molar-refractivity contribution in [2.24, 2.45) is 0 Å². The number of fused-ring (bicyclic) bond motifs is 1. The lowest BCUT2D eigenvalue weighted by Gasteiger charge is -2.15. The number of carboxylic acid groups (broad SMARTS) is 1. The molecule has 0 saturated carbocycles. The number of benzene rings is 1. The molecule has 0 unspecified atom stereocenters. The highest BCUT2D eigenvalue weighted by Gasteiger charge is 2.21. The maximum absolute atomic E-state index is 13.6. The summed E-state index contributed by atoms with van der Waals surface area (Å²) in [7, 11) is 2.13. The fourth-order valence-corrected chi connectivity index (χ4v) is 4.66. The molecular weight excluding hydrogens is 555 g/mol. The highest BCUT2D eigenvalue weighted by molar-refractivity contribution is 6.76. The average Bonchev–Trinajstić information content (AvgIpc) is 3.27. The topological polar surface area (TPSA) is 136 Å². The summed E-state index contributed by atoms with van der Waals surface area (Å²) >= 11 is 6.86. The Hall–Kier alpha value is -3.87. The van der Waals surface area contributed by atoms with Crippen LogP contribution in [0.1, 0.15) is 10.5 Å². The summed E-state index contributed by atoms with van der Waals surface area (Å²) in [6.45, 7) is 7.76. The molecule has 0 spiro atoms. The van der Waals surface area contributed by atoms with Crippen LogP contribution in [0.4, 0.5) is 10.2 Å². The third-order valence-corrected chi connectivity index (χ3v) is 7.79. The van der Waals surface area contributed by atoms with Crippen LogP contribution in [0.15, 0.2) is 42.9 Å². The Bertz CT molecular complexity index is 1510. The fraction of sp³-hybridized carbons (Fsp3) is 0.296. The average molecular weight is 587 g/mol. The Balaban J connectivity index is 0.000000810. The number of anilines is 1. The van der Waals surface area contributed by atoms with Crippen LogP contribution in [0, 0.1) is 5.82 Å². The third-order valence-electron chi connectivity index (χ3n) is 5.69. The number of nitrogen functional groups attached to an aromatic ring is 1. The normalized spacial score (nSPS) is 11.2. The molecular formula is C27H32ClFN6O4Si. The lowest BCUT2D eigenvalue weighted by Crippen LogP contribution is -2.22. The van der Waals surface area contributed by atoms with Gasteiger partial charge in [-0.1, -0.05) is 43.4 Å². The number of nitrogens with zero attached hydrogens (tertiary/aromatic N) is 5. The van der Waals surface area contributed by atoms with E-state index < -0.39 is 14.0 Å². The second-order valence-electron chi connectivity index (χ2n) is 10.4. The molecule has 212 valence electrons. The lowest BCUT2D eigenvalue weighted by atomic mass is 10.0. The van der Waals surface area contributed by atoms with Crippen molar-refractivity contribution in [1.82, 2.24) is 24.4 Å². The smallest absolute Gasteiger partial charge is 0.358 e. The number of amides is 1. The van der Waals surface area contributed by atoms with Crippen LogP contribution < -0.4 is 5.73 Å². The van der Waals surface area contributed by atoms with Gasteiger partial charge in [0.2, 0.25) is 6.41 Å². The summed E-state index contributed by atoms with van der Waals surface area (Å²) in [5.41, 5.74) is 7.95. The van der Waals surface area contributed by atoms with E-state index in [2.05, 4.69) is 34.6 Å². The second kappa shape index (κ2) is 13.0. The second-order valence-corrected chi connectivity index (χ2v) is 16.4. The molecule has 4 aromatic rings. The quantitative estimate of drug-likeness (QED) is 0.154. The summed E-state index contributed by atoms with van der Waals surface area (Å²) in [4.78, 5) is 35.0. The molecule has 0 radical (unpaired) electrons. The first-order valence-electron chi connectivity index (χ1n) is 12.3. The van der Waals surface area contributed by atoms with Gasteiger partial charge in [-0.25, -0.2) is 24.1 Å². The number of rotatable bonds is 9. The van der Waals surface area contributed by atoms with Gasteiger partial charge in [-0.15, -0.1) is 0 Å². The van der Waals surface area contributed by atoms with Crippen LogP contribution in [0.3, 0.4) is 0 Å². The Kier molecular flexibility index (Phi) is 9.96. The predicted molar refractivity (Wildman–Crippen MR) is 156 cm³/mol. The fourth-order valence-electron chi connectivity index (χ4n) is 3.57. The van der Waals surface area contributed by atoms with Crippen molar-refractivity contribution in [3.63, 3.8) is 0 Å². The van der Waals surface area contributed by atoms with Crippen LogP contribution in [0.25, 0.3) is 33.4 Å². The van der Waals surface area contributed by atoms with Gasteiger partial charge < -0.3 is 25.0 Å². The van der Waals surface area contributed by atoms with Crippen molar-refractivity contribution in [2.45, 2.75) is 32.4 Å². The molecule has 0 aliphatic heterocycles. The van der Waals surface area contributed by atoms with Crippen molar-refractivity contribution in [3.8, 4) is 22.4 Å². The van der Waals surface area contributed by atoms with Crippen LogP contribution in [-0.2, 0) is 16.3 Å². The van der Waals surface area contributed by atoms with Gasteiger partial charge in [-0.05, 0) is 23.7 Å². The summed E-state index contributed by atoms with van der Waals surface area (Å²) in [5, 5.41) is 10.3. The van der Waals surface area contributed by atoms with E-state index in [-0.39, 0.29) is 29.8 Å². The van der Waals surface area contributed by atoms with Crippen molar-refractivity contribution >= 4 is 48.9 Å². The zero-order valence-electron chi connectivity index (χ0n) is 23.0. The molecule has 3 aromatic heterocycles. The van der Waals surface area contributed by atoms with Gasteiger partial charge in [0, 0.05) is 57.7 Å². The molecule has 4 rings (SSSR count). The van der Waals surface area contributed by atoms with Crippen molar-refractivity contribution in [3.05, 3.63) is 59.4 Å². The van der Waals surface area contributed by atoms with E-state index in [0.29, 0.717) is 28.2 Å². The van der Waals surface area contributed by atoms with Gasteiger partial charge in [0.25, 0.3) is 0 Å². The number of carbonyl (C=O) groups is 2. The standard InChI is InChI=1S/C24H25ClFN5O3Si.C3H7NO/c1-35(2,3)9-8-34-13-31-12-17(14-4-6-15(26)7-5-14)19-20(25)16(10-29-23(19)31)18-11-28-22(27)21(30-18)24(32)33;1-4(2)3-5/h4-7,10-12H,8-9,13H2,1-3H3,(H2,27,28)(H,32,33);3H,1-2H3. The summed E-state index contributed by atoms with van der Waals surface area (Å²) in [5.74, 6) is -1.84. The van der Waals surface area contributed by atoms with Gasteiger partial charge in [0.15, 0.2) is 11.5 Å². The van der Waals surface area contributed by atoms with Gasteiger partial charge in [-0.2, -0.15) is 0 Å². The summed E-state index contributed by atoms with van der Waals surface area (Å²) in [6, 6.07) is 7.10. The molecule has 10 nitrogen and oxygen atoms in total. The third kappa shape index (κ3) is 7.62. The number of hydrogen-bond acceptors (Lipinski definition) is 7. The van der Waals surface area contributed by atoms with Gasteiger partial charge in [0.05, 0.1) is 16.9 Å². The minimum Gasteiger partial charge on any atom is -0.476 e. The molecule has 3 heterocycles. The van der Waals surface area contributed by atoms with E-state index in [1.54, 1.807) is 26.2 Å². The highest BCUT2D eigenvalue weighted by Crippen LogP contribution is 2.39. The molecule has 0 aliphatic rings. The Labute approximate surface area is 237 Å². The first-order chi connectivity index (χ1) is 18.8. The monoisotopic (exact) mass is 586 g/mol. The maximum Gasteiger partial charge on any atom is 0.358 e. The largest absolute Gasteiger partial charge is 0.476 e. The molecule has 0 atom stereocenters. The highest BCUT2D eigenvalue weighted by atomic mass is 35.5. The number of carboxylic acids is 1. The zero-order valence-corrected chi connectivity index (χ0v) is 24.7. The number of hydrogen-bond donors (Lipinski definition) is 2. The van der Waals surface area contributed by atoms with Gasteiger partial charge in [0.1, 0.15) is 18.2 Å². The zero-order chi connectivity index (χ0) is 29.6. The number of halogens is 2. The molecule has 0 saturated heterocycles. The first kappa shape index (κ1) is 30.7. The van der Waals surface area contributed by atoms with Gasteiger partial charge in [-0.3, -0.25) is 4.79 Å². The Morgan fingerprint density at radius 3 is 2.40 bits per heavy atom. The van der Waals surface area contributed by atoms with E-state index in [4.69, 9.17) is 22.1 Å². The van der Waals surface area contributed by atoms with E-state index in [1.807, 2.05) is 10.8 Å². The predicted octanol–water partition coefficient (Wildman–Crippen LogP) is 5.25. The molecule has 40 heavy (non-hydrogen) atoms. The van der Waals surface area contributed by atoms with E-state index in [9.17, 15) is 19.1 Å². The number of pyridine rings is 1. The SMILES string of the molecule is CN(C)C=O.C[Si](C)(C)CCOCn1cc(-c2ccc(F)cc2)c2c(Cl)c(-c3cnc(N)c(C(=O)O)n3)cnc21. The number of aromatic carboxylic acids is 1. The van der Waals surface area contributed by atoms with E-state index >= 15 is 0 Å².